The molecular weight excluding hydrogens is 396 g/mol. The predicted octanol–water partition coefficient (Wildman–Crippen LogP) is 2.31. The van der Waals surface area contributed by atoms with E-state index >= 15 is 0 Å². The van der Waals surface area contributed by atoms with E-state index < -0.39 is 5.97 Å². The summed E-state index contributed by atoms with van der Waals surface area (Å²) >= 11 is 0. The van der Waals surface area contributed by atoms with Crippen molar-refractivity contribution in [1.82, 2.24) is 25.2 Å². The van der Waals surface area contributed by atoms with Gasteiger partial charge in [0.25, 0.3) is 0 Å². The van der Waals surface area contributed by atoms with E-state index in [2.05, 4.69) is 51.4 Å². The lowest BCUT2D eigenvalue weighted by atomic mass is 9.62. The molecule has 2 fully saturated rings. The average Bonchev–Trinajstić information content (AvgIpc) is 3.19. The third-order valence-electron chi connectivity index (χ3n) is 7.09. The number of aromatic amines is 1. The molecule has 1 aliphatic heterocycles. The normalized spacial score (nSPS) is 25.6. The number of carbonyl (C=O) groups is 2. The number of H-pyrrole nitrogens is 1. The minimum atomic E-state index is -0.445. The number of fused-ring (bicyclic) bond motifs is 1. The van der Waals surface area contributed by atoms with Crippen LogP contribution in [0.15, 0.2) is 12.4 Å². The molecule has 1 saturated carbocycles. The second-order valence-electron chi connectivity index (χ2n) is 9.37. The van der Waals surface area contributed by atoms with Gasteiger partial charge in [-0.25, -0.2) is 14.8 Å². The minimum Gasteiger partial charge on any atom is -0.464 e. The van der Waals surface area contributed by atoms with Gasteiger partial charge in [0.15, 0.2) is 0 Å². The van der Waals surface area contributed by atoms with E-state index in [4.69, 9.17) is 4.74 Å². The van der Waals surface area contributed by atoms with Crippen molar-refractivity contribution in [1.29, 1.82) is 0 Å². The van der Waals surface area contributed by atoms with Gasteiger partial charge in [-0.15, -0.1) is 0 Å². The number of likely N-dealkylation sites (tertiary alicyclic amines) is 1. The van der Waals surface area contributed by atoms with Crippen molar-refractivity contribution in [2.24, 2.45) is 5.41 Å². The smallest absolute Gasteiger partial charge is 0.354 e. The van der Waals surface area contributed by atoms with Gasteiger partial charge < -0.3 is 25.3 Å². The molecular formula is C22H32N6O3. The highest BCUT2D eigenvalue weighted by Gasteiger charge is 2.49. The van der Waals surface area contributed by atoms with Gasteiger partial charge in [-0.1, -0.05) is 20.3 Å². The Kier molecular flexibility index (Phi) is 5.88. The number of amides is 1. The van der Waals surface area contributed by atoms with Gasteiger partial charge in [0.2, 0.25) is 5.91 Å². The molecule has 9 heteroatoms. The number of hydrogen-bond donors (Lipinski definition) is 3. The van der Waals surface area contributed by atoms with Crippen LogP contribution in [0.5, 0.6) is 0 Å². The maximum Gasteiger partial charge on any atom is 0.354 e. The number of anilines is 1. The highest BCUT2D eigenvalue weighted by molar-refractivity contribution is 5.97. The fourth-order valence-corrected chi connectivity index (χ4v) is 4.72. The van der Waals surface area contributed by atoms with Crippen LogP contribution in [0.4, 0.5) is 5.82 Å². The van der Waals surface area contributed by atoms with Crippen molar-refractivity contribution >= 4 is 28.7 Å². The first kappa shape index (κ1) is 21.5. The van der Waals surface area contributed by atoms with Crippen molar-refractivity contribution in [2.45, 2.75) is 64.1 Å². The fraction of sp³-hybridized carbons (Fsp3) is 0.636. The number of nitrogens with one attached hydrogen (secondary N) is 3. The molecule has 1 aliphatic carbocycles. The van der Waals surface area contributed by atoms with Crippen LogP contribution in [-0.4, -0.2) is 70.6 Å². The first-order chi connectivity index (χ1) is 14.8. The predicted molar refractivity (Wildman–Crippen MR) is 118 cm³/mol. The zero-order chi connectivity index (χ0) is 22.2. The number of nitrogens with zero attached hydrogens (tertiary/aromatic N) is 3. The van der Waals surface area contributed by atoms with Crippen LogP contribution < -0.4 is 10.6 Å². The monoisotopic (exact) mass is 428 g/mol. The van der Waals surface area contributed by atoms with Crippen molar-refractivity contribution in [2.75, 3.05) is 26.0 Å². The molecule has 2 aliphatic rings. The Labute approximate surface area is 182 Å². The molecule has 1 amide bonds. The lowest BCUT2D eigenvalue weighted by Gasteiger charge is -2.52. The van der Waals surface area contributed by atoms with E-state index in [0.717, 1.165) is 24.8 Å². The SMILES string of the molecule is COC(=O)c1cc2c(NC3CC(NC(=O)CC4CCCCN4C)C3(C)C)ncnc2[nH]1. The Morgan fingerprint density at radius 1 is 1.29 bits per heavy atom. The second-order valence-corrected chi connectivity index (χ2v) is 9.37. The number of piperidine rings is 1. The van der Waals surface area contributed by atoms with E-state index in [0.29, 0.717) is 29.6 Å². The number of rotatable bonds is 6. The summed E-state index contributed by atoms with van der Waals surface area (Å²) < 4.78 is 4.78. The Bertz CT molecular complexity index is 971. The van der Waals surface area contributed by atoms with Gasteiger partial charge in [0.05, 0.1) is 12.5 Å². The van der Waals surface area contributed by atoms with Crippen LogP contribution in [0.25, 0.3) is 11.0 Å². The number of aromatic nitrogens is 3. The zero-order valence-electron chi connectivity index (χ0n) is 18.7. The molecule has 31 heavy (non-hydrogen) atoms. The van der Waals surface area contributed by atoms with Crippen molar-refractivity contribution in [3.8, 4) is 0 Å². The summed E-state index contributed by atoms with van der Waals surface area (Å²) in [7, 11) is 3.45. The van der Waals surface area contributed by atoms with E-state index in [-0.39, 0.29) is 23.4 Å². The lowest BCUT2D eigenvalue weighted by Crippen LogP contribution is -2.64. The van der Waals surface area contributed by atoms with Crippen LogP contribution in [0.3, 0.4) is 0 Å². The first-order valence-corrected chi connectivity index (χ1v) is 11.0. The molecule has 3 heterocycles. The van der Waals surface area contributed by atoms with Crippen molar-refractivity contribution in [3.05, 3.63) is 18.1 Å². The number of methoxy groups -OCH3 is 1. The second kappa shape index (κ2) is 8.45. The topological polar surface area (TPSA) is 112 Å². The van der Waals surface area contributed by atoms with Gasteiger partial charge in [-0.2, -0.15) is 0 Å². The van der Waals surface area contributed by atoms with Crippen LogP contribution >= 0.6 is 0 Å². The van der Waals surface area contributed by atoms with Crippen LogP contribution in [0.2, 0.25) is 0 Å². The Morgan fingerprint density at radius 2 is 2.10 bits per heavy atom. The fourth-order valence-electron chi connectivity index (χ4n) is 4.72. The largest absolute Gasteiger partial charge is 0.464 e. The van der Waals surface area contributed by atoms with Crippen LogP contribution in [0.1, 0.15) is 56.4 Å². The van der Waals surface area contributed by atoms with Gasteiger partial charge >= 0.3 is 5.97 Å². The molecule has 0 aromatic carbocycles. The molecule has 2 aromatic heterocycles. The highest BCUT2D eigenvalue weighted by atomic mass is 16.5. The summed E-state index contributed by atoms with van der Waals surface area (Å²) in [6.07, 6.45) is 6.36. The number of ether oxygens (including phenoxy) is 1. The molecule has 0 radical (unpaired) electrons. The lowest BCUT2D eigenvalue weighted by molar-refractivity contribution is -0.125. The van der Waals surface area contributed by atoms with E-state index in [1.807, 2.05) is 0 Å². The van der Waals surface area contributed by atoms with Gasteiger partial charge in [-0.05, 0) is 38.9 Å². The molecule has 0 bridgehead atoms. The van der Waals surface area contributed by atoms with Gasteiger partial charge in [0.1, 0.15) is 23.5 Å². The van der Waals surface area contributed by atoms with E-state index in [9.17, 15) is 9.59 Å². The summed E-state index contributed by atoms with van der Waals surface area (Å²) in [6, 6.07) is 2.30. The molecule has 3 N–H and O–H groups in total. The highest BCUT2D eigenvalue weighted by Crippen LogP contribution is 2.43. The third-order valence-corrected chi connectivity index (χ3v) is 7.09. The molecule has 2 aromatic rings. The van der Waals surface area contributed by atoms with Crippen molar-refractivity contribution in [3.63, 3.8) is 0 Å². The number of esters is 1. The molecule has 0 spiro atoms. The molecule has 1 saturated heterocycles. The zero-order valence-corrected chi connectivity index (χ0v) is 18.7. The quantitative estimate of drug-likeness (QED) is 0.605. The van der Waals surface area contributed by atoms with Crippen molar-refractivity contribution < 1.29 is 14.3 Å². The summed E-state index contributed by atoms with van der Waals surface area (Å²) in [5, 5.41) is 7.48. The Morgan fingerprint density at radius 3 is 2.81 bits per heavy atom. The minimum absolute atomic E-state index is 0.112. The maximum atomic E-state index is 12.7. The van der Waals surface area contributed by atoms with E-state index in [1.165, 1.54) is 26.3 Å². The van der Waals surface area contributed by atoms with Crippen LogP contribution in [0, 0.1) is 5.41 Å². The Balaban J connectivity index is 1.38. The summed E-state index contributed by atoms with van der Waals surface area (Å²) in [5.41, 5.74) is 0.788. The maximum absolute atomic E-state index is 12.7. The van der Waals surface area contributed by atoms with E-state index in [1.54, 1.807) is 6.07 Å². The van der Waals surface area contributed by atoms with Crippen LogP contribution in [-0.2, 0) is 9.53 Å². The molecule has 3 unspecified atom stereocenters. The molecule has 4 rings (SSSR count). The van der Waals surface area contributed by atoms with Gasteiger partial charge in [-0.3, -0.25) is 4.79 Å². The third kappa shape index (κ3) is 4.23. The standard InChI is InChI=1S/C22H32N6O3/c1-22(2)16(26-18(29)9-13-7-5-6-8-28(13)3)11-17(22)27-20-14-10-15(21(30)31-4)25-19(14)23-12-24-20/h10,12-13,16-17H,5-9,11H2,1-4H3,(H,26,29)(H2,23,24,25,27). The first-order valence-electron chi connectivity index (χ1n) is 11.0. The average molecular weight is 429 g/mol. The molecule has 9 nitrogen and oxygen atoms in total. The molecule has 3 atom stereocenters. The molecule has 168 valence electrons. The summed E-state index contributed by atoms with van der Waals surface area (Å²) in [5.74, 6) is 0.357. The number of carbonyl (C=O) groups excluding carboxylic acids is 2. The Hall–Kier alpha value is -2.68. The number of hydrogen-bond acceptors (Lipinski definition) is 7. The summed E-state index contributed by atoms with van der Waals surface area (Å²) in [6.45, 7) is 5.38. The summed E-state index contributed by atoms with van der Waals surface area (Å²) in [4.78, 5) is 38.3. The van der Waals surface area contributed by atoms with Gasteiger partial charge in [0, 0.05) is 30.0 Å².